The summed E-state index contributed by atoms with van der Waals surface area (Å²) < 4.78 is 40.3. The van der Waals surface area contributed by atoms with Gasteiger partial charge in [-0.3, -0.25) is 4.98 Å². The van der Waals surface area contributed by atoms with Crippen molar-refractivity contribution in [3.63, 3.8) is 0 Å². The zero-order valence-corrected chi connectivity index (χ0v) is 12.4. The molecule has 0 atom stereocenters. The van der Waals surface area contributed by atoms with Crippen LogP contribution in [0.2, 0.25) is 0 Å². The van der Waals surface area contributed by atoms with Gasteiger partial charge in [0.2, 0.25) is 0 Å². The molecule has 0 unspecified atom stereocenters. The minimum atomic E-state index is -3.76. The summed E-state index contributed by atoms with van der Waals surface area (Å²) in [6, 6.07) is 7.97. The molecule has 0 aliphatic heterocycles. The van der Waals surface area contributed by atoms with Crippen LogP contribution in [0.25, 0.3) is 10.9 Å². The second-order valence-corrected chi connectivity index (χ2v) is 6.70. The minimum absolute atomic E-state index is 0.159. The first-order valence-corrected chi connectivity index (χ1v) is 7.79. The van der Waals surface area contributed by atoms with Crippen molar-refractivity contribution in [2.24, 2.45) is 0 Å². The van der Waals surface area contributed by atoms with Gasteiger partial charge in [0, 0.05) is 11.6 Å². The van der Waals surface area contributed by atoms with Gasteiger partial charge in [-0.2, -0.15) is 0 Å². The van der Waals surface area contributed by atoms with Crippen molar-refractivity contribution in [3.05, 3.63) is 59.8 Å². The van der Waals surface area contributed by atoms with E-state index < -0.39 is 15.8 Å². The number of hydrogen-bond acceptors (Lipinski definition) is 3. The van der Waals surface area contributed by atoms with Crippen LogP contribution in [0.1, 0.15) is 11.3 Å². The van der Waals surface area contributed by atoms with Gasteiger partial charge in [-0.15, -0.1) is 0 Å². The van der Waals surface area contributed by atoms with Crippen molar-refractivity contribution in [1.82, 2.24) is 8.96 Å². The lowest BCUT2D eigenvalue weighted by Crippen LogP contribution is -2.12. The molecular formula is C15H13FN2O2S. The average molecular weight is 304 g/mol. The molecule has 4 nitrogen and oxygen atoms in total. The molecule has 21 heavy (non-hydrogen) atoms. The molecule has 0 spiro atoms. The van der Waals surface area contributed by atoms with E-state index in [-0.39, 0.29) is 21.5 Å². The first kappa shape index (κ1) is 13.8. The van der Waals surface area contributed by atoms with E-state index in [4.69, 9.17) is 0 Å². The number of hydrogen-bond donors (Lipinski definition) is 0. The topological polar surface area (TPSA) is 52.0 Å². The van der Waals surface area contributed by atoms with Crippen LogP contribution in [0, 0.1) is 19.7 Å². The maximum Gasteiger partial charge on any atom is 0.268 e. The number of aromatic nitrogens is 2. The number of benzene rings is 1. The van der Waals surface area contributed by atoms with Crippen LogP contribution in [-0.4, -0.2) is 17.4 Å². The quantitative estimate of drug-likeness (QED) is 0.731. The first-order valence-electron chi connectivity index (χ1n) is 6.35. The lowest BCUT2D eigenvalue weighted by atomic mass is 10.2. The Labute approximate surface area is 121 Å². The van der Waals surface area contributed by atoms with E-state index in [0.717, 1.165) is 9.54 Å². The maximum absolute atomic E-state index is 14.0. The van der Waals surface area contributed by atoms with E-state index in [0.29, 0.717) is 0 Å². The number of halogens is 1. The van der Waals surface area contributed by atoms with Crippen LogP contribution in [0.15, 0.2) is 47.6 Å². The highest BCUT2D eigenvalue weighted by atomic mass is 32.2. The Balaban J connectivity index is 2.25. The van der Waals surface area contributed by atoms with Gasteiger partial charge in [0.25, 0.3) is 10.0 Å². The molecule has 1 aromatic carbocycles. The predicted molar refractivity (Wildman–Crippen MR) is 78.2 cm³/mol. The summed E-state index contributed by atoms with van der Waals surface area (Å²) >= 11 is 0. The molecule has 0 fully saturated rings. The van der Waals surface area contributed by atoms with Gasteiger partial charge in [0.05, 0.1) is 22.3 Å². The van der Waals surface area contributed by atoms with Gasteiger partial charge in [0.15, 0.2) is 5.82 Å². The Kier molecular flexibility index (Phi) is 3.06. The Hall–Kier alpha value is -2.21. The monoisotopic (exact) mass is 304 g/mol. The van der Waals surface area contributed by atoms with Gasteiger partial charge < -0.3 is 0 Å². The predicted octanol–water partition coefficient (Wildman–Crippen LogP) is 3.03. The summed E-state index contributed by atoms with van der Waals surface area (Å²) in [5.41, 5.74) is 1.45. The molecule has 3 aromatic rings. The van der Waals surface area contributed by atoms with Gasteiger partial charge in [-0.05, 0) is 32.0 Å². The van der Waals surface area contributed by atoms with Crippen molar-refractivity contribution < 1.29 is 12.8 Å². The van der Waals surface area contributed by atoms with E-state index in [1.54, 1.807) is 19.1 Å². The molecule has 0 N–H and O–H groups in total. The highest BCUT2D eigenvalue weighted by Crippen LogP contribution is 2.24. The van der Waals surface area contributed by atoms with Crippen molar-refractivity contribution in [3.8, 4) is 0 Å². The summed E-state index contributed by atoms with van der Waals surface area (Å²) in [5, 5.41) is 0.248. The van der Waals surface area contributed by atoms with Crippen molar-refractivity contribution in [2.75, 3.05) is 0 Å². The largest absolute Gasteiger partial charge is 0.268 e. The average Bonchev–Trinajstić information content (AvgIpc) is 2.89. The third kappa shape index (κ3) is 2.12. The number of nitrogens with zero attached hydrogens (tertiary/aromatic N) is 2. The molecule has 0 aliphatic rings. The van der Waals surface area contributed by atoms with Crippen molar-refractivity contribution >= 4 is 20.9 Å². The van der Waals surface area contributed by atoms with E-state index in [1.807, 2.05) is 6.92 Å². The molecular weight excluding hydrogens is 291 g/mol. The first-order chi connectivity index (χ1) is 9.91. The Morgan fingerprint density at radius 1 is 1.10 bits per heavy atom. The lowest BCUT2D eigenvalue weighted by Gasteiger charge is -2.08. The molecule has 0 saturated heterocycles. The molecule has 0 radical (unpaired) electrons. The van der Waals surface area contributed by atoms with E-state index in [1.165, 1.54) is 30.6 Å². The number of aryl methyl sites for hydroxylation is 2. The zero-order valence-electron chi connectivity index (χ0n) is 11.5. The highest BCUT2D eigenvalue weighted by molar-refractivity contribution is 7.90. The molecule has 0 aliphatic carbocycles. The SMILES string of the molecule is Cc1ccc(S(=O)(=O)n2ccc3c(F)c(C)ncc32)cc1. The molecule has 0 saturated carbocycles. The maximum atomic E-state index is 14.0. The van der Waals surface area contributed by atoms with Gasteiger partial charge in [0.1, 0.15) is 0 Å². The summed E-state index contributed by atoms with van der Waals surface area (Å²) in [6.45, 7) is 3.42. The molecule has 6 heteroatoms. The fourth-order valence-corrected chi connectivity index (χ4v) is 3.51. The summed E-state index contributed by atoms with van der Waals surface area (Å²) in [5.74, 6) is -0.495. The summed E-state index contributed by atoms with van der Waals surface area (Å²) in [6.07, 6.45) is 2.73. The van der Waals surface area contributed by atoms with Gasteiger partial charge in [-0.25, -0.2) is 16.8 Å². The highest BCUT2D eigenvalue weighted by Gasteiger charge is 2.20. The number of pyridine rings is 1. The lowest BCUT2D eigenvalue weighted by molar-refractivity contribution is 0.589. The van der Waals surface area contributed by atoms with Crippen LogP contribution >= 0.6 is 0 Å². The second kappa shape index (κ2) is 4.66. The molecule has 108 valence electrons. The second-order valence-electron chi connectivity index (χ2n) is 4.89. The molecule has 3 rings (SSSR count). The van der Waals surface area contributed by atoms with Crippen LogP contribution in [0.5, 0.6) is 0 Å². The zero-order chi connectivity index (χ0) is 15.2. The third-order valence-corrected chi connectivity index (χ3v) is 5.11. The van der Waals surface area contributed by atoms with Crippen molar-refractivity contribution in [2.45, 2.75) is 18.7 Å². The molecule has 2 heterocycles. The number of fused-ring (bicyclic) bond motifs is 1. The Morgan fingerprint density at radius 3 is 2.43 bits per heavy atom. The third-order valence-electron chi connectivity index (χ3n) is 3.40. The van der Waals surface area contributed by atoms with E-state index >= 15 is 0 Å². The van der Waals surface area contributed by atoms with Crippen LogP contribution in [0.3, 0.4) is 0 Å². The van der Waals surface area contributed by atoms with Gasteiger partial charge >= 0.3 is 0 Å². The Morgan fingerprint density at radius 2 is 1.76 bits per heavy atom. The van der Waals surface area contributed by atoms with E-state index in [9.17, 15) is 12.8 Å². The number of rotatable bonds is 2. The fraction of sp³-hybridized carbons (Fsp3) is 0.133. The summed E-state index contributed by atoms with van der Waals surface area (Å²) in [7, 11) is -3.76. The van der Waals surface area contributed by atoms with Crippen LogP contribution in [-0.2, 0) is 10.0 Å². The Bertz CT molecular complexity index is 928. The fourth-order valence-electron chi connectivity index (χ4n) is 2.18. The van der Waals surface area contributed by atoms with Gasteiger partial charge in [-0.1, -0.05) is 17.7 Å². The minimum Gasteiger partial charge on any atom is -0.256 e. The normalized spacial score (nSPS) is 12.0. The van der Waals surface area contributed by atoms with Crippen LogP contribution < -0.4 is 0 Å². The van der Waals surface area contributed by atoms with E-state index in [2.05, 4.69) is 4.98 Å². The molecule has 0 amide bonds. The summed E-state index contributed by atoms with van der Waals surface area (Å²) in [4.78, 5) is 4.06. The van der Waals surface area contributed by atoms with Crippen molar-refractivity contribution in [1.29, 1.82) is 0 Å². The molecule has 0 bridgehead atoms. The molecule has 2 aromatic heterocycles. The van der Waals surface area contributed by atoms with Crippen LogP contribution in [0.4, 0.5) is 4.39 Å². The standard InChI is InChI=1S/C15H13FN2O2S/c1-10-3-5-12(6-4-10)21(19,20)18-8-7-13-14(18)9-17-11(2)15(13)16/h3-9H,1-2H3. The smallest absolute Gasteiger partial charge is 0.256 e.